The van der Waals surface area contributed by atoms with E-state index in [4.69, 9.17) is 4.74 Å². The van der Waals surface area contributed by atoms with Crippen LogP contribution in [0.25, 0.3) is 16.7 Å². The predicted octanol–water partition coefficient (Wildman–Crippen LogP) is 3.05. The van der Waals surface area contributed by atoms with Crippen LogP contribution in [0.5, 0.6) is 5.75 Å². The van der Waals surface area contributed by atoms with Gasteiger partial charge in [0.05, 0.1) is 7.11 Å². The van der Waals surface area contributed by atoms with Crippen molar-refractivity contribution in [2.24, 2.45) is 0 Å². The van der Waals surface area contributed by atoms with Crippen molar-refractivity contribution in [3.63, 3.8) is 0 Å². The highest BCUT2D eigenvalue weighted by Gasteiger charge is 2.12. The number of fused-ring (bicyclic) bond motifs is 1. The maximum Gasteiger partial charge on any atom is 0.149 e. The fourth-order valence-electron chi connectivity index (χ4n) is 2.31. The van der Waals surface area contributed by atoms with Crippen LogP contribution in [0.1, 0.15) is 11.1 Å². The second-order valence-electron chi connectivity index (χ2n) is 4.61. The van der Waals surface area contributed by atoms with Crippen LogP contribution in [-0.2, 0) is 0 Å². The van der Waals surface area contributed by atoms with E-state index in [1.807, 2.05) is 37.3 Å². The summed E-state index contributed by atoms with van der Waals surface area (Å²) in [5.41, 5.74) is 4.87. The fourth-order valence-corrected chi connectivity index (χ4v) is 2.31. The highest BCUT2D eigenvalue weighted by molar-refractivity contribution is 5.73. The van der Waals surface area contributed by atoms with Gasteiger partial charge in [-0.15, -0.1) is 15.0 Å². The van der Waals surface area contributed by atoms with E-state index in [0.29, 0.717) is 0 Å². The van der Waals surface area contributed by atoms with Crippen LogP contribution in [0.4, 0.5) is 0 Å². The number of nitrogens with zero attached hydrogens (tertiary/aromatic N) is 3. The lowest BCUT2D eigenvalue weighted by Gasteiger charge is -2.11. The van der Waals surface area contributed by atoms with Gasteiger partial charge in [-0.2, -0.15) is 0 Å². The Bertz CT molecular complexity index is 713. The van der Waals surface area contributed by atoms with E-state index in [2.05, 4.69) is 23.2 Å². The third kappa shape index (κ3) is 1.95. The smallest absolute Gasteiger partial charge is 0.149 e. The summed E-state index contributed by atoms with van der Waals surface area (Å²) < 4.78 is 5.48. The molecule has 0 aliphatic carbocycles. The second-order valence-corrected chi connectivity index (χ2v) is 4.61. The zero-order chi connectivity index (χ0) is 13.4. The van der Waals surface area contributed by atoms with Gasteiger partial charge in [-0.25, -0.2) is 0 Å². The van der Waals surface area contributed by atoms with Gasteiger partial charge in [0.15, 0.2) is 0 Å². The molecule has 2 aromatic carbocycles. The van der Waals surface area contributed by atoms with Gasteiger partial charge in [0, 0.05) is 0 Å². The number of rotatable bonds is 2. The first kappa shape index (κ1) is 11.7. The number of benzene rings is 2. The molecule has 0 N–H and O–H groups in total. The maximum absolute atomic E-state index is 5.48. The van der Waals surface area contributed by atoms with Gasteiger partial charge in [0.1, 0.15) is 22.5 Å². The van der Waals surface area contributed by atoms with Crippen LogP contribution >= 0.6 is 0 Å². The lowest BCUT2D eigenvalue weighted by atomic mass is 10.1. The Morgan fingerprint density at radius 1 is 1.00 bits per heavy atom. The molecular weight excluding hydrogens is 238 g/mol. The van der Waals surface area contributed by atoms with Gasteiger partial charge in [-0.3, -0.25) is 0 Å². The van der Waals surface area contributed by atoms with Crippen molar-refractivity contribution in [2.75, 3.05) is 7.11 Å². The van der Waals surface area contributed by atoms with E-state index in [0.717, 1.165) is 33.6 Å². The summed E-state index contributed by atoms with van der Waals surface area (Å²) in [5, 5.41) is 9.00. The normalized spacial score (nSPS) is 10.9. The summed E-state index contributed by atoms with van der Waals surface area (Å²) >= 11 is 0. The van der Waals surface area contributed by atoms with E-state index >= 15 is 0 Å². The average molecular weight is 253 g/mol. The topological polar surface area (TPSA) is 39.9 Å². The Kier molecular flexibility index (Phi) is 2.71. The zero-order valence-corrected chi connectivity index (χ0v) is 11.2. The Morgan fingerprint density at radius 2 is 1.63 bits per heavy atom. The SMILES string of the molecule is COc1c(C)cc(C)cc1-n1nc2ccccc2n1. The first-order valence-electron chi connectivity index (χ1n) is 6.17. The Balaban J connectivity index is 2.25. The number of ether oxygens (including phenoxy) is 1. The monoisotopic (exact) mass is 253 g/mol. The van der Waals surface area contributed by atoms with E-state index in [9.17, 15) is 0 Å². The number of hydrogen-bond donors (Lipinski definition) is 0. The van der Waals surface area contributed by atoms with Crippen molar-refractivity contribution < 1.29 is 4.74 Å². The lowest BCUT2D eigenvalue weighted by Crippen LogP contribution is -2.03. The molecule has 0 fully saturated rings. The number of methoxy groups -OCH3 is 1. The third-order valence-corrected chi connectivity index (χ3v) is 3.11. The highest BCUT2D eigenvalue weighted by atomic mass is 16.5. The quantitative estimate of drug-likeness (QED) is 0.704. The average Bonchev–Trinajstić information content (AvgIpc) is 2.81. The van der Waals surface area contributed by atoms with Crippen molar-refractivity contribution in [1.82, 2.24) is 15.0 Å². The van der Waals surface area contributed by atoms with Crippen LogP contribution < -0.4 is 4.74 Å². The van der Waals surface area contributed by atoms with Gasteiger partial charge < -0.3 is 4.74 Å². The molecule has 0 radical (unpaired) electrons. The third-order valence-electron chi connectivity index (χ3n) is 3.11. The van der Waals surface area contributed by atoms with Gasteiger partial charge >= 0.3 is 0 Å². The first-order chi connectivity index (χ1) is 9.19. The van der Waals surface area contributed by atoms with Crippen LogP contribution in [-0.4, -0.2) is 22.1 Å². The Labute approximate surface area is 111 Å². The molecule has 19 heavy (non-hydrogen) atoms. The molecule has 0 spiro atoms. The van der Waals surface area contributed by atoms with Crippen LogP contribution in [0.2, 0.25) is 0 Å². The van der Waals surface area contributed by atoms with Crippen molar-refractivity contribution >= 4 is 11.0 Å². The molecule has 4 heteroatoms. The van der Waals surface area contributed by atoms with Gasteiger partial charge in [-0.05, 0) is 43.2 Å². The van der Waals surface area contributed by atoms with Crippen molar-refractivity contribution in [3.05, 3.63) is 47.5 Å². The summed E-state index contributed by atoms with van der Waals surface area (Å²) in [7, 11) is 1.67. The zero-order valence-electron chi connectivity index (χ0n) is 11.2. The van der Waals surface area contributed by atoms with Crippen molar-refractivity contribution in [1.29, 1.82) is 0 Å². The Morgan fingerprint density at radius 3 is 2.21 bits per heavy atom. The van der Waals surface area contributed by atoms with Gasteiger partial charge in [-0.1, -0.05) is 18.2 Å². The van der Waals surface area contributed by atoms with E-state index in [1.54, 1.807) is 11.9 Å². The second kappa shape index (κ2) is 4.39. The summed E-state index contributed by atoms with van der Waals surface area (Å²) in [5.74, 6) is 0.811. The molecule has 0 unspecified atom stereocenters. The molecule has 1 aromatic heterocycles. The van der Waals surface area contributed by atoms with Gasteiger partial charge in [0.25, 0.3) is 0 Å². The Hall–Kier alpha value is -2.36. The van der Waals surface area contributed by atoms with Crippen molar-refractivity contribution in [3.8, 4) is 11.4 Å². The summed E-state index contributed by atoms with van der Waals surface area (Å²) in [6.07, 6.45) is 0. The molecule has 0 amide bonds. The first-order valence-corrected chi connectivity index (χ1v) is 6.17. The molecule has 0 aliphatic rings. The summed E-state index contributed by atoms with van der Waals surface area (Å²) in [4.78, 5) is 1.64. The number of aromatic nitrogens is 3. The van der Waals surface area contributed by atoms with Crippen LogP contribution in [0, 0.1) is 13.8 Å². The summed E-state index contributed by atoms with van der Waals surface area (Å²) in [6.45, 7) is 4.08. The molecule has 96 valence electrons. The standard InChI is InChI=1S/C15H15N3O/c1-10-8-11(2)15(19-3)14(9-10)18-16-12-6-4-5-7-13(12)17-18/h4-9H,1-3H3. The molecule has 0 atom stereocenters. The van der Waals surface area contributed by atoms with Crippen LogP contribution in [0.15, 0.2) is 36.4 Å². The fraction of sp³-hybridized carbons (Fsp3) is 0.200. The minimum absolute atomic E-state index is 0.811. The molecular formula is C15H15N3O. The molecule has 0 saturated carbocycles. The predicted molar refractivity (Wildman–Crippen MR) is 74.9 cm³/mol. The molecule has 1 heterocycles. The lowest BCUT2D eigenvalue weighted by molar-refractivity contribution is 0.407. The molecule has 0 aliphatic heterocycles. The van der Waals surface area contributed by atoms with E-state index < -0.39 is 0 Å². The molecule has 3 rings (SSSR count). The highest BCUT2D eigenvalue weighted by Crippen LogP contribution is 2.28. The molecule has 0 saturated heterocycles. The van der Waals surface area contributed by atoms with E-state index in [-0.39, 0.29) is 0 Å². The molecule has 4 nitrogen and oxygen atoms in total. The van der Waals surface area contributed by atoms with Crippen molar-refractivity contribution in [2.45, 2.75) is 13.8 Å². The minimum atomic E-state index is 0.811. The number of aryl methyl sites for hydroxylation is 2. The molecule has 0 bridgehead atoms. The summed E-state index contributed by atoms with van der Waals surface area (Å²) in [6, 6.07) is 11.9. The van der Waals surface area contributed by atoms with Crippen LogP contribution in [0.3, 0.4) is 0 Å². The van der Waals surface area contributed by atoms with Gasteiger partial charge in [0.2, 0.25) is 0 Å². The number of hydrogen-bond acceptors (Lipinski definition) is 3. The minimum Gasteiger partial charge on any atom is -0.494 e. The van der Waals surface area contributed by atoms with E-state index in [1.165, 1.54) is 0 Å². The largest absolute Gasteiger partial charge is 0.494 e. The molecule has 3 aromatic rings. The maximum atomic E-state index is 5.48.